The molecule has 0 radical (unpaired) electrons. The number of carbonyl (C=O) groups is 1. The van der Waals surface area contributed by atoms with Gasteiger partial charge < -0.3 is 10.4 Å². The molecule has 0 aliphatic rings. The standard InChI is InChI=1S/C14H18ClF2NO2/c1-14(2,3)12(4-5-19)18-13(20)8-6-10(16)11(17)7-9(8)15/h6-7,12,19H,4-5H2,1-3H3,(H,18,20). The number of benzene rings is 1. The second-order valence-electron chi connectivity index (χ2n) is 5.65. The van der Waals surface area contributed by atoms with Crippen molar-refractivity contribution in [2.45, 2.75) is 33.2 Å². The van der Waals surface area contributed by atoms with Crippen LogP contribution in [0.3, 0.4) is 0 Å². The van der Waals surface area contributed by atoms with Crippen LogP contribution in [0.25, 0.3) is 0 Å². The van der Waals surface area contributed by atoms with Crippen LogP contribution in [0.4, 0.5) is 8.78 Å². The molecule has 0 aromatic heterocycles. The molecule has 1 amide bonds. The number of nitrogens with one attached hydrogen (secondary N) is 1. The highest BCUT2D eigenvalue weighted by Crippen LogP contribution is 2.24. The molecular formula is C14H18ClF2NO2. The SMILES string of the molecule is CC(C)(C)C(CCO)NC(=O)c1cc(F)c(F)cc1Cl. The van der Waals surface area contributed by atoms with Crippen LogP contribution in [0.5, 0.6) is 0 Å². The summed E-state index contributed by atoms with van der Waals surface area (Å²) in [5, 5.41) is 11.6. The zero-order chi connectivity index (χ0) is 15.5. The number of hydrogen-bond acceptors (Lipinski definition) is 2. The quantitative estimate of drug-likeness (QED) is 0.840. The summed E-state index contributed by atoms with van der Waals surface area (Å²) in [7, 11) is 0. The second-order valence-corrected chi connectivity index (χ2v) is 6.06. The van der Waals surface area contributed by atoms with E-state index in [0.29, 0.717) is 6.42 Å². The average Bonchev–Trinajstić information content (AvgIpc) is 2.32. The third-order valence-electron chi connectivity index (χ3n) is 3.02. The Hall–Kier alpha value is -1.20. The van der Waals surface area contributed by atoms with Crippen molar-refractivity contribution in [2.75, 3.05) is 6.61 Å². The van der Waals surface area contributed by atoms with E-state index in [1.165, 1.54) is 0 Å². The van der Waals surface area contributed by atoms with Crippen LogP contribution in [-0.4, -0.2) is 23.7 Å². The smallest absolute Gasteiger partial charge is 0.253 e. The second kappa shape index (κ2) is 6.50. The number of rotatable bonds is 4. The summed E-state index contributed by atoms with van der Waals surface area (Å²) in [5.41, 5.74) is -0.415. The minimum atomic E-state index is -1.13. The fraction of sp³-hybridized carbons (Fsp3) is 0.500. The molecule has 1 rings (SSSR count). The van der Waals surface area contributed by atoms with Gasteiger partial charge >= 0.3 is 0 Å². The molecule has 1 unspecified atom stereocenters. The lowest BCUT2D eigenvalue weighted by Gasteiger charge is -2.31. The molecule has 0 spiro atoms. The van der Waals surface area contributed by atoms with E-state index in [0.717, 1.165) is 12.1 Å². The number of carbonyl (C=O) groups excluding carboxylic acids is 1. The summed E-state index contributed by atoms with van der Waals surface area (Å²) in [5.74, 6) is -2.83. The number of aliphatic hydroxyl groups is 1. The Morgan fingerprint density at radius 3 is 2.40 bits per heavy atom. The summed E-state index contributed by atoms with van der Waals surface area (Å²) < 4.78 is 26.2. The first kappa shape index (κ1) is 16.9. The van der Waals surface area contributed by atoms with Crippen LogP contribution in [0.1, 0.15) is 37.6 Å². The number of hydrogen-bond donors (Lipinski definition) is 2. The first-order chi connectivity index (χ1) is 9.16. The Kier molecular flexibility index (Phi) is 5.48. The maximum absolute atomic E-state index is 13.2. The van der Waals surface area contributed by atoms with Crippen LogP contribution in [-0.2, 0) is 0 Å². The lowest BCUT2D eigenvalue weighted by atomic mass is 9.84. The van der Waals surface area contributed by atoms with Gasteiger partial charge in [-0.15, -0.1) is 0 Å². The van der Waals surface area contributed by atoms with Gasteiger partial charge in [-0.1, -0.05) is 32.4 Å². The van der Waals surface area contributed by atoms with E-state index < -0.39 is 17.5 Å². The van der Waals surface area contributed by atoms with Crippen molar-refractivity contribution in [2.24, 2.45) is 5.41 Å². The van der Waals surface area contributed by atoms with Gasteiger partial charge in [0.05, 0.1) is 10.6 Å². The molecule has 1 aromatic carbocycles. The summed E-state index contributed by atoms with van der Waals surface area (Å²) >= 11 is 5.75. The minimum Gasteiger partial charge on any atom is -0.396 e. The zero-order valence-electron chi connectivity index (χ0n) is 11.6. The highest BCUT2D eigenvalue weighted by molar-refractivity contribution is 6.33. The van der Waals surface area contributed by atoms with E-state index in [1.807, 2.05) is 20.8 Å². The Labute approximate surface area is 121 Å². The molecule has 20 heavy (non-hydrogen) atoms. The van der Waals surface area contributed by atoms with Crippen molar-refractivity contribution >= 4 is 17.5 Å². The van der Waals surface area contributed by atoms with E-state index in [4.69, 9.17) is 16.7 Å². The molecule has 0 bridgehead atoms. The Balaban J connectivity index is 2.98. The topological polar surface area (TPSA) is 49.3 Å². The Bertz CT molecular complexity index is 501. The fourth-order valence-corrected chi connectivity index (χ4v) is 2.02. The molecule has 0 saturated carbocycles. The molecule has 6 heteroatoms. The summed E-state index contributed by atoms with van der Waals surface area (Å²) in [6, 6.07) is 1.22. The van der Waals surface area contributed by atoms with Crippen molar-refractivity contribution in [1.29, 1.82) is 0 Å². The zero-order valence-corrected chi connectivity index (χ0v) is 12.4. The van der Waals surface area contributed by atoms with Gasteiger partial charge in [0.1, 0.15) is 0 Å². The van der Waals surface area contributed by atoms with Crippen molar-refractivity contribution < 1.29 is 18.7 Å². The molecule has 3 nitrogen and oxygen atoms in total. The molecule has 0 heterocycles. The first-order valence-electron chi connectivity index (χ1n) is 6.23. The summed E-state index contributed by atoms with van der Waals surface area (Å²) in [4.78, 5) is 12.1. The van der Waals surface area contributed by atoms with Gasteiger partial charge in [-0.3, -0.25) is 4.79 Å². The van der Waals surface area contributed by atoms with Gasteiger partial charge in [-0.25, -0.2) is 8.78 Å². The maximum Gasteiger partial charge on any atom is 0.253 e. The summed E-state index contributed by atoms with van der Waals surface area (Å²) in [6.07, 6.45) is 0.358. The lowest BCUT2D eigenvalue weighted by molar-refractivity contribution is 0.0885. The van der Waals surface area contributed by atoms with Gasteiger partial charge in [-0.2, -0.15) is 0 Å². The Morgan fingerprint density at radius 1 is 1.35 bits per heavy atom. The van der Waals surface area contributed by atoms with Crippen LogP contribution < -0.4 is 5.32 Å². The van der Waals surface area contributed by atoms with Crippen molar-refractivity contribution in [3.63, 3.8) is 0 Å². The first-order valence-corrected chi connectivity index (χ1v) is 6.61. The number of halogens is 3. The predicted molar refractivity (Wildman–Crippen MR) is 73.8 cm³/mol. The van der Waals surface area contributed by atoms with Gasteiger partial charge in [0.15, 0.2) is 11.6 Å². The summed E-state index contributed by atoms with van der Waals surface area (Å²) in [6.45, 7) is 5.62. The third-order valence-corrected chi connectivity index (χ3v) is 3.34. The van der Waals surface area contributed by atoms with Crippen LogP contribution in [0.2, 0.25) is 5.02 Å². The molecule has 2 N–H and O–H groups in total. The van der Waals surface area contributed by atoms with Gasteiger partial charge in [0.25, 0.3) is 5.91 Å². The molecule has 0 aliphatic heterocycles. The molecule has 1 atom stereocenters. The minimum absolute atomic E-state index is 0.0896. The van der Waals surface area contributed by atoms with Crippen molar-refractivity contribution in [3.8, 4) is 0 Å². The van der Waals surface area contributed by atoms with Gasteiger partial charge in [-0.05, 0) is 24.0 Å². The van der Waals surface area contributed by atoms with E-state index in [-0.39, 0.29) is 28.6 Å². The van der Waals surface area contributed by atoms with Gasteiger partial charge in [0.2, 0.25) is 0 Å². The number of aliphatic hydroxyl groups excluding tert-OH is 1. The third kappa shape index (κ3) is 4.15. The monoisotopic (exact) mass is 305 g/mol. The molecule has 0 aliphatic carbocycles. The Morgan fingerprint density at radius 2 is 1.90 bits per heavy atom. The van der Waals surface area contributed by atoms with Crippen LogP contribution >= 0.6 is 11.6 Å². The van der Waals surface area contributed by atoms with Crippen LogP contribution in [0.15, 0.2) is 12.1 Å². The largest absolute Gasteiger partial charge is 0.396 e. The molecular weight excluding hydrogens is 288 g/mol. The van der Waals surface area contributed by atoms with E-state index in [2.05, 4.69) is 5.32 Å². The molecule has 112 valence electrons. The van der Waals surface area contributed by atoms with Crippen molar-refractivity contribution in [1.82, 2.24) is 5.32 Å². The maximum atomic E-state index is 13.2. The van der Waals surface area contributed by atoms with E-state index >= 15 is 0 Å². The highest BCUT2D eigenvalue weighted by atomic mass is 35.5. The normalized spacial score (nSPS) is 13.2. The van der Waals surface area contributed by atoms with Crippen LogP contribution in [0, 0.1) is 17.0 Å². The molecule has 1 aromatic rings. The fourth-order valence-electron chi connectivity index (χ4n) is 1.78. The predicted octanol–water partition coefficient (Wildman–Crippen LogP) is 3.15. The average molecular weight is 306 g/mol. The molecule has 0 fully saturated rings. The van der Waals surface area contributed by atoms with E-state index in [1.54, 1.807) is 0 Å². The van der Waals surface area contributed by atoms with E-state index in [9.17, 15) is 13.6 Å². The van der Waals surface area contributed by atoms with Gasteiger partial charge in [0, 0.05) is 12.6 Å². The highest BCUT2D eigenvalue weighted by Gasteiger charge is 2.27. The van der Waals surface area contributed by atoms with Crippen molar-refractivity contribution in [3.05, 3.63) is 34.4 Å². The lowest BCUT2D eigenvalue weighted by Crippen LogP contribution is -2.44. The number of amides is 1. The molecule has 0 saturated heterocycles.